The average molecular weight is 225 g/mol. The van der Waals surface area contributed by atoms with Crippen LogP contribution in [0.1, 0.15) is 25.7 Å². The van der Waals surface area contributed by atoms with Crippen molar-refractivity contribution in [2.45, 2.75) is 31.7 Å². The first kappa shape index (κ1) is 11.9. The highest BCUT2D eigenvalue weighted by molar-refractivity contribution is 5.79. The van der Waals surface area contributed by atoms with E-state index in [2.05, 4.69) is 11.9 Å². The molecule has 0 aromatic heterocycles. The molecule has 2 heterocycles. The molecule has 4 heteroatoms. The van der Waals surface area contributed by atoms with E-state index in [0.717, 1.165) is 51.9 Å². The Morgan fingerprint density at radius 3 is 2.50 bits per heavy atom. The van der Waals surface area contributed by atoms with Crippen LogP contribution in [0.15, 0.2) is 0 Å². The van der Waals surface area contributed by atoms with E-state index in [0.29, 0.717) is 5.91 Å². The average Bonchev–Trinajstić information content (AvgIpc) is 2.29. The molecule has 0 bridgehead atoms. The quantitative estimate of drug-likeness (QED) is 0.697. The van der Waals surface area contributed by atoms with Crippen molar-refractivity contribution in [3.8, 4) is 0 Å². The molecule has 1 unspecified atom stereocenters. The van der Waals surface area contributed by atoms with Gasteiger partial charge in [-0.1, -0.05) is 0 Å². The van der Waals surface area contributed by atoms with E-state index in [1.807, 2.05) is 4.90 Å². The highest BCUT2D eigenvalue weighted by Crippen LogP contribution is 2.20. The van der Waals surface area contributed by atoms with Gasteiger partial charge in [0.15, 0.2) is 0 Å². The van der Waals surface area contributed by atoms with Crippen molar-refractivity contribution in [1.82, 2.24) is 9.80 Å². The first-order chi connectivity index (χ1) is 7.66. The fourth-order valence-electron chi connectivity index (χ4n) is 2.72. The third kappa shape index (κ3) is 2.74. The highest BCUT2D eigenvalue weighted by Gasteiger charge is 2.29. The van der Waals surface area contributed by atoms with Crippen molar-refractivity contribution >= 4 is 5.91 Å². The second-order valence-electron chi connectivity index (χ2n) is 5.26. The third-order valence-electron chi connectivity index (χ3n) is 3.84. The van der Waals surface area contributed by atoms with Crippen LogP contribution in [0, 0.1) is 5.92 Å². The summed E-state index contributed by atoms with van der Waals surface area (Å²) in [7, 11) is 2.12. The largest absolute Gasteiger partial charge is 0.341 e. The molecule has 92 valence electrons. The molecule has 0 aliphatic carbocycles. The number of rotatable bonds is 1. The summed E-state index contributed by atoms with van der Waals surface area (Å²) in [5.41, 5.74) is 5.91. The molecule has 2 N–H and O–H groups in total. The summed E-state index contributed by atoms with van der Waals surface area (Å²) in [6, 6.07) is 0.198. The Morgan fingerprint density at radius 2 is 1.88 bits per heavy atom. The Labute approximate surface area is 97.8 Å². The lowest BCUT2D eigenvalue weighted by molar-refractivity contribution is -0.138. The van der Waals surface area contributed by atoms with Crippen molar-refractivity contribution in [1.29, 1.82) is 0 Å². The summed E-state index contributed by atoms with van der Waals surface area (Å²) in [6.07, 6.45) is 4.17. The van der Waals surface area contributed by atoms with Crippen LogP contribution in [0.3, 0.4) is 0 Å². The molecular formula is C12H23N3O. The van der Waals surface area contributed by atoms with Crippen LogP contribution in [0.25, 0.3) is 0 Å². The Morgan fingerprint density at radius 1 is 1.19 bits per heavy atom. The maximum Gasteiger partial charge on any atom is 0.225 e. The zero-order chi connectivity index (χ0) is 11.5. The molecular weight excluding hydrogens is 202 g/mol. The van der Waals surface area contributed by atoms with E-state index in [-0.39, 0.29) is 12.0 Å². The van der Waals surface area contributed by atoms with Crippen molar-refractivity contribution in [2.75, 3.05) is 33.2 Å². The van der Waals surface area contributed by atoms with Crippen LogP contribution in [0.4, 0.5) is 0 Å². The zero-order valence-corrected chi connectivity index (χ0v) is 10.2. The Bertz CT molecular complexity index is 249. The highest BCUT2D eigenvalue weighted by atomic mass is 16.2. The minimum Gasteiger partial charge on any atom is -0.341 e. The molecule has 1 amide bonds. The van der Waals surface area contributed by atoms with Crippen LogP contribution in [0.5, 0.6) is 0 Å². The number of carbonyl (C=O) groups is 1. The normalized spacial score (nSPS) is 29.4. The molecule has 2 aliphatic rings. The van der Waals surface area contributed by atoms with Gasteiger partial charge < -0.3 is 15.5 Å². The molecule has 2 fully saturated rings. The van der Waals surface area contributed by atoms with Crippen LogP contribution in [-0.2, 0) is 4.79 Å². The predicted octanol–water partition coefficient (Wildman–Crippen LogP) is 0.278. The lowest BCUT2D eigenvalue weighted by Crippen LogP contribution is -2.49. The summed E-state index contributed by atoms with van der Waals surface area (Å²) in [4.78, 5) is 16.5. The van der Waals surface area contributed by atoms with Gasteiger partial charge in [0.1, 0.15) is 0 Å². The number of likely N-dealkylation sites (tertiary alicyclic amines) is 2. The topological polar surface area (TPSA) is 49.6 Å². The van der Waals surface area contributed by atoms with E-state index in [4.69, 9.17) is 5.73 Å². The summed E-state index contributed by atoms with van der Waals surface area (Å²) in [5, 5.41) is 0. The maximum absolute atomic E-state index is 12.3. The van der Waals surface area contributed by atoms with E-state index in [9.17, 15) is 4.79 Å². The summed E-state index contributed by atoms with van der Waals surface area (Å²) in [6.45, 7) is 3.79. The van der Waals surface area contributed by atoms with Crippen molar-refractivity contribution in [3.05, 3.63) is 0 Å². The number of amides is 1. The Balaban J connectivity index is 1.86. The van der Waals surface area contributed by atoms with Crippen LogP contribution >= 0.6 is 0 Å². The minimum absolute atomic E-state index is 0.198. The van der Waals surface area contributed by atoms with Crippen LogP contribution in [0.2, 0.25) is 0 Å². The first-order valence-electron chi connectivity index (χ1n) is 6.39. The monoisotopic (exact) mass is 225 g/mol. The van der Waals surface area contributed by atoms with Crippen molar-refractivity contribution in [3.63, 3.8) is 0 Å². The van der Waals surface area contributed by atoms with Crippen molar-refractivity contribution in [2.24, 2.45) is 11.7 Å². The molecule has 2 saturated heterocycles. The smallest absolute Gasteiger partial charge is 0.225 e. The fraction of sp³-hybridized carbons (Fsp3) is 0.917. The number of hydrogen-bond acceptors (Lipinski definition) is 3. The first-order valence-corrected chi connectivity index (χ1v) is 6.39. The molecule has 2 aliphatic heterocycles. The van der Waals surface area contributed by atoms with E-state index >= 15 is 0 Å². The summed E-state index contributed by atoms with van der Waals surface area (Å²) < 4.78 is 0. The zero-order valence-electron chi connectivity index (χ0n) is 10.2. The second kappa shape index (κ2) is 5.15. The van der Waals surface area contributed by atoms with E-state index < -0.39 is 0 Å². The molecule has 2 rings (SSSR count). The summed E-state index contributed by atoms with van der Waals surface area (Å²) in [5.74, 6) is 0.602. The van der Waals surface area contributed by atoms with Gasteiger partial charge in [0.05, 0.1) is 0 Å². The minimum atomic E-state index is 0.198. The molecule has 16 heavy (non-hydrogen) atoms. The van der Waals surface area contributed by atoms with Gasteiger partial charge in [-0.3, -0.25) is 4.79 Å². The predicted molar refractivity (Wildman–Crippen MR) is 64.0 cm³/mol. The number of nitrogens with zero attached hydrogens (tertiary/aromatic N) is 2. The van der Waals surface area contributed by atoms with Gasteiger partial charge in [-0.15, -0.1) is 0 Å². The third-order valence-corrected chi connectivity index (χ3v) is 3.84. The molecule has 0 aromatic rings. The number of hydrogen-bond donors (Lipinski definition) is 1. The van der Waals surface area contributed by atoms with Gasteiger partial charge in [0.2, 0.25) is 5.91 Å². The van der Waals surface area contributed by atoms with Crippen LogP contribution < -0.4 is 5.73 Å². The van der Waals surface area contributed by atoms with Crippen LogP contribution in [-0.4, -0.2) is 55.0 Å². The molecule has 1 atom stereocenters. The standard InChI is InChI=1S/C12H23N3O/c1-14-7-4-10(5-8-14)12(16)15-6-2-3-11(13)9-15/h10-11H,2-9,13H2,1H3. The van der Waals surface area contributed by atoms with Gasteiger partial charge in [-0.2, -0.15) is 0 Å². The lowest BCUT2D eigenvalue weighted by atomic mass is 9.94. The van der Waals surface area contributed by atoms with Gasteiger partial charge in [-0.25, -0.2) is 0 Å². The maximum atomic E-state index is 12.3. The van der Waals surface area contributed by atoms with Gasteiger partial charge in [0.25, 0.3) is 0 Å². The Kier molecular flexibility index (Phi) is 3.82. The second-order valence-corrected chi connectivity index (χ2v) is 5.26. The number of nitrogens with two attached hydrogens (primary N) is 1. The number of piperidine rings is 2. The van der Waals surface area contributed by atoms with Crippen molar-refractivity contribution < 1.29 is 4.79 Å². The molecule has 0 saturated carbocycles. The van der Waals surface area contributed by atoms with E-state index in [1.165, 1.54) is 0 Å². The SMILES string of the molecule is CN1CCC(C(=O)N2CCCC(N)C2)CC1. The molecule has 0 aromatic carbocycles. The summed E-state index contributed by atoms with van der Waals surface area (Å²) >= 11 is 0. The Hall–Kier alpha value is -0.610. The lowest BCUT2D eigenvalue weighted by Gasteiger charge is -2.36. The fourth-order valence-corrected chi connectivity index (χ4v) is 2.72. The molecule has 4 nitrogen and oxygen atoms in total. The number of carbonyl (C=O) groups excluding carboxylic acids is 1. The van der Waals surface area contributed by atoms with E-state index in [1.54, 1.807) is 0 Å². The van der Waals surface area contributed by atoms with Gasteiger partial charge in [-0.05, 0) is 45.8 Å². The van der Waals surface area contributed by atoms with Gasteiger partial charge >= 0.3 is 0 Å². The molecule has 0 radical (unpaired) electrons. The van der Waals surface area contributed by atoms with Gasteiger partial charge in [0, 0.05) is 25.0 Å². The molecule has 0 spiro atoms.